The Bertz CT molecular complexity index is 413. The zero-order valence-electron chi connectivity index (χ0n) is 12.2. The number of amides is 1. The van der Waals surface area contributed by atoms with Gasteiger partial charge in [-0.3, -0.25) is 9.69 Å². The molecular weight excluding hydrogens is 250 g/mol. The van der Waals surface area contributed by atoms with Gasteiger partial charge in [-0.05, 0) is 50.9 Å². The molecule has 0 saturated carbocycles. The highest BCUT2D eigenvalue weighted by Crippen LogP contribution is 2.16. The van der Waals surface area contributed by atoms with E-state index in [0.29, 0.717) is 12.5 Å². The Balaban J connectivity index is 1.76. The summed E-state index contributed by atoms with van der Waals surface area (Å²) in [5.41, 5.74) is 6.82. The molecule has 0 bridgehead atoms. The molecule has 1 aliphatic rings. The van der Waals surface area contributed by atoms with Crippen LogP contribution in [0.15, 0.2) is 30.3 Å². The maximum atomic E-state index is 12.1. The van der Waals surface area contributed by atoms with E-state index in [9.17, 15) is 4.79 Å². The summed E-state index contributed by atoms with van der Waals surface area (Å²) in [6, 6.07) is 10.1. The first-order valence-electron chi connectivity index (χ1n) is 7.45. The van der Waals surface area contributed by atoms with Crippen LogP contribution in [0.25, 0.3) is 0 Å². The fraction of sp³-hybridized carbons (Fsp3) is 0.562. The number of hydrogen-bond acceptors (Lipinski definition) is 3. The van der Waals surface area contributed by atoms with E-state index >= 15 is 0 Å². The molecule has 4 nitrogen and oxygen atoms in total. The zero-order valence-corrected chi connectivity index (χ0v) is 12.2. The minimum atomic E-state index is 0.0604. The van der Waals surface area contributed by atoms with Gasteiger partial charge in [0.2, 0.25) is 5.91 Å². The summed E-state index contributed by atoms with van der Waals surface area (Å²) >= 11 is 0. The fourth-order valence-electron chi connectivity index (χ4n) is 2.70. The Morgan fingerprint density at radius 3 is 2.60 bits per heavy atom. The van der Waals surface area contributed by atoms with E-state index in [0.717, 1.165) is 38.0 Å². The Morgan fingerprint density at radius 1 is 1.35 bits per heavy atom. The van der Waals surface area contributed by atoms with Gasteiger partial charge in [0, 0.05) is 0 Å². The number of benzene rings is 1. The maximum Gasteiger partial charge on any atom is 0.234 e. The predicted octanol–water partition coefficient (Wildman–Crippen LogP) is 1.53. The second-order valence-electron chi connectivity index (χ2n) is 5.66. The number of nitrogens with two attached hydrogens (primary N) is 1. The van der Waals surface area contributed by atoms with Crippen LogP contribution in [0.2, 0.25) is 0 Å². The molecule has 0 aromatic heterocycles. The Hall–Kier alpha value is -1.39. The van der Waals surface area contributed by atoms with Gasteiger partial charge >= 0.3 is 0 Å². The van der Waals surface area contributed by atoms with E-state index in [2.05, 4.69) is 10.2 Å². The van der Waals surface area contributed by atoms with Crippen molar-refractivity contribution < 1.29 is 4.79 Å². The first kappa shape index (κ1) is 15.0. The molecule has 1 atom stereocenters. The Kier molecular flexibility index (Phi) is 5.56. The average molecular weight is 275 g/mol. The molecule has 110 valence electrons. The van der Waals surface area contributed by atoms with E-state index in [1.165, 1.54) is 0 Å². The van der Waals surface area contributed by atoms with Gasteiger partial charge in [0.05, 0.1) is 12.6 Å². The standard InChI is InChI=1S/C16H25N3O/c1-13(15-5-3-2-4-6-15)18-16(20)12-19-9-7-14(11-17)8-10-19/h2-6,13-14H,7-12,17H2,1H3,(H,18,20). The summed E-state index contributed by atoms with van der Waals surface area (Å²) in [5, 5.41) is 3.06. The molecule has 1 aromatic carbocycles. The van der Waals surface area contributed by atoms with E-state index in [1.807, 2.05) is 37.3 Å². The van der Waals surface area contributed by atoms with E-state index in [1.54, 1.807) is 0 Å². The molecule has 0 radical (unpaired) electrons. The number of rotatable bonds is 5. The normalized spacial score (nSPS) is 18.7. The van der Waals surface area contributed by atoms with Crippen LogP contribution in [0, 0.1) is 5.92 Å². The van der Waals surface area contributed by atoms with Gasteiger partial charge in [-0.1, -0.05) is 30.3 Å². The molecule has 1 amide bonds. The van der Waals surface area contributed by atoms with Crippen molar-refractivity contribution in [3.8, 4) is 0 Å². The predicted molar refractivity (Wildman–Crippen MR) is 81.2 cm³/mol. The summed E-state index contributed by atoms with van der Waals surface area (Å²) < 4.78 is 0. The van der Waals surface area contributed by atoms with Crippen LogP contribution in [-0.2, 0) is 4.79 Å². The number of piperidine rings is 1. The lowest BCUT2D eigenvalue weighted by molar-refractivity contribution is -0.123. The molecule has 0 spiro atoms. The van der Waals surface area contributed by atoms with Crippen molar-refractivity contribution in [1.29, 1.82) is 0 Å². The van der Waals surface area contributed by atoms with Gasteiger partial charge in [-0.2, -0.15) is 0 Å². The van der Waals surface area contributed by atoms with Crippen molar-refractivity contribution in [2.24, 2.45) is 11.7 Å². The van der Waals surface area contributed by atoms with Crippen molar-refractivity contribution in [3.05, 3.63) is 35.9 Å². The van der Waals surface area contributed by atoms with Crippen molar-refractivity contribution >= 4 is 5.91 Å². The number of carbonyl (C=O) groups excluding carboxylic acids is 1. The lowest BCUT2D eigenvalue weighted by atomic mass is 9.97. The van der Waals surface area contributed by atoms with Gasteiger partial charge in [0.15, 0.2) is 0 Å². The number of carbonyl (C=O) groups is 1. The molecule has 2 rings (SSSR count). The minimum absolute atomic E-state index is 0.0604. The molecule has 20 heavy (non-hydrogen) atoms. The first-order chi connectivity index (χ1) is 9.69. The Labute approximate surface area is 121 Å². The molecule has 3 N–H and O–H groups in total. The quantitative estimate of drug-likeness (QED) is 0.857. The van der Waals surface area contributed by atoms with Gasteiger partial charge in [0.1, 0.15) is 0 Å². The second kappa shape index (κ2) is 7.41. The first-order valence-corrected chi connectivity index (χ1v) is 7.45. The van der Waals surface area contributed by atoms with E-state index in [4.69, 9.17) is 5.73 Å². The van der Waals surface area contributed by atoms with Crippen LogP contribution in [0.4, 0.5) is 0 Å². The van der Waals surface area contributed by atoms with Gasteiger partial charge in [-0.15, -0.1) is 0 Å². The van der Waals surface area contributed by atoms with Crippen LogP contribution in [0.5, 0.6) is 0 Å². The lowest BCUT2D eigenvalue weighted by Crippen LogP contribution is -2.43. The van der Waals surface area contributed by atoms with Gasteiger partial charge < -0.3 is 11.1 Å². The third-order valence-corrected chi connectivity index (χ3v) is 4.08. The van der Waals surface area contributed by atoms with Crippen LogP contribution < -0.4 is 11.1 Å². The minimum Gasteiger partial charge on any atom is -0.348 e. The number of hydrogen-bond donors (Lipinski definition) is 2. The molecule has 1 saturated heterocycles. The molecule has 1 unspecified atom stereocenters. The van der Waals surface area contributed by atoms with Crippen molar-refractivity contribution in [1.82, 2.24) is 10.2 Å². The van der Waals surface area contributed by atoms with Crippen molar-refractivity contribution in [3.63, 3.8) is 0 Å². The summed E-state index contributed by atoms with van der Waals surface area (Å²) in [4.78, 5) is 14.3. The number of nitrogens with zero attached hydrogens (tertiary/aromatic N) is 1. The second-order valence-corrected chi connectivity index (χ2v) is 5.66. The van der Waals surface area contributed by atoms with Gasteiger partial charge in [-0.25, -0.2) is 0 Å². The summed E-state index contributed by atoms with van der Waals surface area (Å²) in [6.45, 7) is 5.25. The smallest absolute Gasteiger partial charge is 0.234 e. The highest BCUT2D eigenvalue weighted by Gasteiger charge is 2.20. The SMILES string of the molecule is CC(NC(=O)CN1CCC(CN)CC1)c1ccccc1. The number of nitrogens with one attached hydrogen (secondary N) is 1. The summed E-state index contributed by atoms with van der Waals surface area (Å²) in [6.07, 6.45) is 2.22. The molecule has 4 heteroatoms. The molecule has 1 aromatic rings. The molecule has 1 aliphatic heterocycles. The van der Waals surface area contributed by atoms with E-state index < -0.39 is 0 Å². The third kappa shape index (κ3) is 4.32. The van der Waals surface area contributed by atoms with Gasteiger partial charge in [0.25, 0.3) is 0 Å². The average Bonchev–Trinajstić information content (AvgIpc) is 2.49. The molecule has 1 fully saturated rings. The van der Waals surface area contributed by atoms with E-state index in [-0.39, 0.29) is 11.9 Å². The Morgan fingerprint density at radius 2 is 2.00 bits per heavy atom. The van der Waals surface area contributed by atoms with Crippen molar-refractivity contribution in [2.45, 2.75) is 25.8 Å². The van der Waals surface area contributed by atoms with Crippen LogP contribution in [0.3, 0.4) is 0 Å². The van der Waals surface area contributed by atoms with Crippen molar-refractivity contribution in [2.75, 3.05) is 26.2 Å². The summed E-state index contributed by atoms with van der Waals surface area (Å²) in [7, 11) is 0. The molecular formula is C16H25N3O. The third-order valence-electron chi connectivity index (χ3n) is 4.08. The fourth-order valence-corrected chi connectivity index (χ4v) is 2.70. The number of likely N-dealkylation sites (tertiary alicyclic amines) is 1. The maximum absolute atomic E-state index is 12.1. The zero-order chi connectivity index (χ0) is 14.4. The summed E-state index contributed by atoms with van der Waals surface area (Å²) in [5.74, 6) is 0.741. The monoisotopic (exact) mass is 275 g/mol. The van der Waals surface area contributed by atoms with Crippen LogP contribution >= 0.6 is 0 Å². The lowest BCUT2D eigenvalue weighted by Gasteiger charge is -2.31. The van der Waals surface area contributed by atoms with Crippen LogP contribution in [0.1, 0.15) is 31.4 Å². The largest absolute Gasteiger partial charge is 0.348 e. The highest BCUT2D eigenvalue weighted by molar-refractivity contribution is 5.78. The van der Waals surface area contributed by atoms with Crippen LogP contribution in [-0.4, -0.2) is 37.0 Å². The molecule has 1 heterocycles. The highest BCUT2D eigenvalue weighted by atomic mass is 16.2. The molecule has 0 aliphatic carbocycles. The topological polar surface area (TPSA) is 58.4 Å².